The van der Waals surface area contributed by atoms with E-state index in [4.69, 9.17) is 30.7 Å². The second kappa shape index (κ2) is 15.1. The minimum Gasteiger partial charge on any atom is -0.444 e. The molecule has 1 saturated heterocycles. The first-order valence-corrected chi connectivity index (χ1v) is 21.3. The number of pyridine rings is 2. The van der Waals surface area contributed by atoms with Crippen LogP contribution in [0.5, 0.6) is 0 Å². The van der Waals surface area contributed by atoms with Gasteiger partial charge in [-0.2, -0.15) is 4.98 Å². The minimum atomic E-state index is -2.10. The van der Waals surface area contributed by atoms with Crippen molar-refractivity contribution >= 4 is 42.9 Å². The topological polar surface area (TPSA) is 103 Å². The molecule has 4 heterocycles. The van der Waals surface area contributed by atoms with Crippen LogP contribution >= 0.6 is 11.6 Å². The maximum atomic E-state index is 16.3. The number of halogens is 3. The van der Waals surface area contributed by atoms with Crippen molar-refractivity contribution in [3.05, 3.63) is 74.9 Å². The van der Waals surface area contributed by atoms with Crippen molar-refractivity contribution in [2.45, 2.75) is 104 Å². The lowest BCUT2D eigenvalue weighted by atomic mass is 10.0. The summed E-state index contributed by atoms with van der Waals surface area (Å²) >= 11 is 6.45. The molecule has 0 aliphatic carbocycles. The molecule has 1 aliphatic heterocycles. The number of anilines is 1. The van der Waals surface area contributed by atoms with Crippen LogP contribution in [0.25, 0.3) is 28.0 Å². The third kappa shape index (κ3) is 8.42. The zero-order chi connectivity index (χ0) is 39.2. The highest BCUT2D eigenvalue weighted by molar-refractivity contribution is 6.74. The molecule has 0 saturated carbocycles. The fourth-order valence-electron chi connectivity index (χ4n) is 6.22. The van der Waals surface area contributed by atoms with Gasteiger partial charge in [0, 0.05) is 38.5 Å². The van der Waals surface area contributed by atoms with Crippen LogP contribution in [0.1, 0.15) is 79.5 Å². The summed E-state index contributed by atoms with van der Waals surface area (Å²) in [6.07, 6.45) is 1.72. The number of fused-ring (bicyclic) bond motifs is 1. The van der Waals surface area contributed by atoms with Gasteiger partial charge in [-0.25, -0.2) is 27.9 Å². The van der Waals surface area contributed by atoms with Gasteiger partial charge in [0.25, 0.3) is 0 Å². The van der Waals surface area contributed by atoms with Crippen LogP contribution in [0.2, 0.25) is 23.2 Å². The summed E-state index contributed by atoms with van der Waals surface area (Å²) in [6.45, 7) is 23.4. The van der Waals surface area contributed by atoms with Gasteiger partial charge in [0.15, 0.2) is 19.8 Å². The Balaban J connectivity index is 1.73. The van der Waals surface area contributed by atoms with Crippen molar-refractivity contribution in [1.29, 1.82) is 0 Å². The standard InChI is InChI=1S/C39H51ClF2N6O4Si/c1-23(2)31-33(25(15-17-43-31)16-20-51-53(10,11)39(7,8)9)48-35-26(21-29(42)32(44-35)30-27(40)13-12-14-28(30)41)34(45-36(48)49)47-19-18-46(22-24(47)3)37(50)52-38(4,5)6/h12-15,17,21,23-24H,16,18-20,22H2,1-11H3/t24-/m0/s1. The number of hydrogen-bond donors (Lipinski definition) is 0. The van der Waals surface area contributed by atoms with E-state index in [-0.39, 0.29) is 69.8 Å². The highest BCUT2D eigenvalue weighted by atomic mass is 35.5. The highest BCUT2D eigenvalue weighted by Gasteiger charge is 2.37. The van der Waals surface area contributed by atoms with Crippen molar-refractivity contribution in [2.24, 2.45) is 0 Å². The van der Waals surface area contributed by atoms with E-state index < -0.39 is 37.3 Å². The highest BCUT2D eigenvalue weighted by Crippen LogP contribution is 2.38. The van der Waals surface area contributed by atoms with Crippen molar-refractivity contribution in [2.75, 3.05) is 31.1 Å². The normalized spacial score (nSPS) is 15.8. The van der Waals surface area contributed by atoms with Gasteiger partial charge in [0.1, 0.15) is 22.9 Å². The summed E-state index contributed by atoms with van der Waals surface area (Å²) < 4.78 is 45.2. The van der Waals surface area contributed by atoms with E-state index >= 15 is 8.78 Å². The van der Waals surface area contributed by atoms with E-state index in [2.05, 4.69) is 38.8 Å². The third-order valence-electron chi connectivity index (χ3n) is 10.00. The predicted molar refractivity (Wildman–Crippen MR) is 209 cm³/mol. The van der Waals surface area contributed by atoms with Gasteiger partial charge in [-0.1, -0.05) is 52.3 Å². The maximum absolute atomic E-state index is 16.3. The molecule has 1 amide bonds. The van der Waals surface area contributed by atoms with Crippen molar-refractivity contribution in [3.63, 3.8) is 0 Å². The largest absolute Gasteiger partial charge is 0.444 e. The van der Waals surface area contributed by atoms with Crippen molar-refractivity contribution in [1.82, 2.24) is 24.4 Å². The molecule has 5 rings (SSSR count). The molecule has 1 aliphatic rings. The first-order chi connectivity index (χ1) is 24.6. The molecule has 0 spiro atoms. The zero-order valence-electron chi connectivity index (χ0n) is 32.6. The first kappa shape index (κ1) is 40.2. The molecular weight excluding hydrogens is 718 g/mol. The maximum Gasteiger partial charge on any atom is 0.410 e. The van der Waals surface area contributed by atoms with Crippen LogP contribution in [-0.2, 0) is 15.6 Å². The quantitative estimate of drug-likeness (QED) is 0.164. The van der Waals surface area contributed by atoms with E-state index in [9.17, 15) is 9.59 Å². The van der Waals surface area contributed by atoms with E-state index in [0.717, 1.165) is 5.56 Å². The molecule has 14 heteroatoms. The first-order valence-electron chi connectivity index (χ1n) is 18.1. The lowest BCUT2D eigenvalue weighted by Gasteiger charge is -2.41. The number of carbonyl (C=O) groups excluding carboxylic acids is 1. The fourth-order valence-corrected chi connectivity index (χ4v) is 7.52. The van der Waals surface area contributed by atoms with E-state index in [1.165, 1.54) is 28.8 Å². The SMILES string of the molecule is CC(C)c1nccc(CCO[Si](C)(C)C(C)(C)C)c1-n1c(=O)nc(N2CCN(C(=O)OC(C)(C)C)C[C@@H]2C)c2cc(F)c(-c3c(F)cccc3Cl)nc21. The van der Waals surface area contributed by atoms with Crippen molar-refractivity contribution in [3.8, 4) is 16.9 Å². The Bertz CT molecular complexity index is 2060. The number of nitrogens with zero attached hydrogens (tertiary/aromatic N) is 6. The summed E-state index contributed by atoms with van der Waals surface area (Å²) in [5.74, 6) is -1.52. The molecule has 4 aromatic rings. The summed E-state index contributed by atoms with van der Waals surface area (Å²) in [5, 5.41) is 0.203. The minimum absolute atomic E-state index is 0.00202. The Morgan fingerprint density at radius 2 is 1.75 bits per heavy atom. The average molecular weight is 769 g/mol. The summed E-state index contributed by atoms with van der Waals surface area (Å²) in [5.41, 5.74) is 0.0378. The van der Waals surface area contributed by atoms with E-state index in [0.29, 0.717) is 24.4 Å². The second-order valence-electron chi connectivity index (χ2n) is 16.5. The second-order valence-corrected chi connectivity index (χ2v) is 21.7. The van der Waals surface area contributed by atoms with Crippen LogP contribution in [-0.4, -0.2) is 76.7 Å². The zero-order valence-corrected chi connectivity index (χ0v) is 34.4. The summed E-state index contributed by atoms with van der Waals surface area (Å²) in [7, 11) is -2.10. The number of hydrogen-bond acceptors (Lipinski definition) is 8. The molecule has 286 valence electrons. The monoisotopic (exact) mass is 768 g/mol. The number of carbonyl (C=O) groups is 1. The molecule has 0 bridgehead atoms. The summed E-state index contributed by atoms with van der Waals surface area (Å²) in [4.78, 5) is 45.0. The van der Waals surface area contributed by atoms with Crippen LogP contribution in [0.15, 0.2) is 41.3 Å². The number of ether oxygens (including phenoxy) is 1. The van der Waals surface area contributed by atoms with Crippen LogP contribution in [0.3, 0.4) is 0 Å². The lowest BCUT2D eigenvalue weighted by molar-refractivity contribution is 0.0218. The Kier molecular flexibility index (Phi) is 11.4. The molecule has 53 heavy (non-hydrogen) atoms. The molecule has 0 N–H and O–H groups in total. The molecule has 1 atom stereocenters. The molecule has 3 aromatic heterocycles. The molecule has 10 nitrogen and oxygen atoms in total. The molecule has 1 aromatic carbocycles. The van der Waals surface area contributed by atoms with Gasteiger partial charge in [-0.15, -0.1) is 0 Å². The third-order valence-corrected chi connectivity index (χ3v) is 14.9. The number of piperazine rings is 1. The predicted octanol–water partition coefficient (Wildman–Crippen LogP) is 8.91. The molecule has 1 fully saturated rings. The Hall–Kier alpha value is -3.94. The average Bonchev–Trinajstić information content (AvgIpc) is 3.03. The number of amides is 1. The lowest BCUT2D eigenvalue weighted by Crippen LogP contribution is -2.55. The van der Waals surface area contributed by atoms with E-state index in [1.807, 2.05) is 31.7 Å². The van der Waals surface area contributed by atoms with Crippen LogP contribution in [0, 0.1) is 11.6 Å². The molecular formula is C39H51ClF2N6O4Si. The Morgan fingerprint density at radius 1 is 1.06 bits per heavy atom. The van der Waals surface area contributed by atoms with Crippen LogP contribution < -0.4 is 10.6 Å². The van der Waals surface area contributed by atoms with Gasteiger partial charge >= 0.3 is 11.8 Å². The fraction of sp³-hybridized carbons (Fsp3) is 0.513. The van der Waals surface area contributed by atoms with Gasteiger partial charge in [-0.05, 0) is 88.0 Å². The smallest absolute Gasteiger partial charge is 0.410 e. The number of rotatable bonds is 8. The number of aromatic nitrogens is 4. The number of benzene rings is 1. The Morgan fingerprint density at radius 3 is 2.36 bits per heavy atom. The van der Waals surface area contributed by atoms with Crippen molar-refractivity contribution < 1.29 is 22.7 Å². The van der Waals surface area contributed by atoms with Crippen LogP contribution in [0.4, 0.5) is 19.4 Å². The molecule has 0 radical (unpaired) electrons. The van der Waals surface area contributed by atoms with Gasteiger partial charge in [-0.3, -0.25) is 4.98 Å². The van der Waals surface area contributed by atoms with Gasteiger partial charge < -0.3 is 19.0 Å². The Labute approximate surface area is 316 Å². The van der Waals surface area contributed by atoms with Gasteiger partial charge in [0.2, 0.25) is 0 Å². The van der Waals surface area contributed by atoms with Gasteiger partial charge in [0.05, 0.1) is 27.4 Å². The van der Waals surface area contributed by atoms with E-state index in [1.54, 1.807) is 31.9 Å². The summed E-state index contributed by atoms with van der Waals surface area (Å²) in [6, 6.07) is 6.82. The molecule has 0 unspecified atom stereocenters.